The molecule has 7 nitrogen and oxygen atoms in total. The number of benzene rings is 2. The molecule has 1 aliphatic heterocycles. The van der Waals surface area contributed by atoms with Crippen molar-refractivity contribution in [3.8, 4) is 0 Å². The lowest BCUT2D eigenvalue weighted by atomic mass is 9.92. The molecule has 1 atom stereocenters. The molecule has 27 heavy (non-hydrogen) atoms. The number of amidine groups is 1. The molecule has 1 amide bonds. The lowest BCUT2D eigenvalue weighted by molar-refractivity contribution is -0.120. The summed E-state index contributed by atoms with van der Waals surface area (Å²) < 4.78 is 27.5. The fraction of sp³-hybridized carbons (Fsp3) is 0.263. The first-order valence-corrected chi connectivity index (χ1v) is 10.1. The summed E-state index contributed by atoms with van der Waals surface area (Å²) >= 11 is 0. The first-order valence-electron chi connectivity index (χ1n) is 8.61. The number of rotatable bonds is 5. The van der Waals surface area contributed by atoms with Gasteiger partial charge in [0.05, 0.1) is 4.90 Å². The van der Waals surface area contributed by atoms with Crippen LogP contribution in [-0.2, 0) is 20.4 Å². The van der Waals surface area contributed by atoms with Crippen LogP contribution >= 0.6 is 0 Å². The molecule has 1 aliphatic rings. The van der Waals surface area contributed by atoms with Crippen LogP contribution in [0, 0.1) is 0 Å². The van der Waals surface area contributed by atoms with E-state index in [1.807, 2.05) is 6.07 Å². The zero-order valence-electron chi connectivity index (χ0n) is 15.0. The summed E-state index contributed by atoms with van der Waals surface area (Å²) in [5.41, 5.74) is 5.96. The highest BCUT2D eigenvalue weighted by Crippen LogP contribution is 2.22. The van der Waals surface area contributed by atoms with Crippen LogP contribution in [0.25, 0.3) is 0 Å². The number of sulfonamides is 1. The largest absolute Gasteiger partial charge is 0.324 e. The third-order valence-corrected chi connectivity index (χ3v) is 5.75. The van der Waals surface area contributed by atoms with Crippen LogP contribution in [0.4, 0.5) is 5.69 Å². The van der Waals surface area contributed by atoms with Gasteiger partial charge in [0, 0.05) is 18.7 Å². The molecule has 1 heterocycles. The lowest BCUT2D eigenvalue weighted by Gasteiger charge is -2.24. The van der Waals surface area contributed by atoms with Crippen LogP contribution in [-0.4, -0.2) is 26.7 Å². The van der Waals surface area contributed by atoms with Crippen LogP contribution in [0.1, 0.15) is 25.3 Å². The van der Waals surface area contributed by atoms with Crippen molar-refractivity contribution in [3.05, 3.63) is 60.2 Å². The number of hydrogen-bond acceptors (Lipinski definition) is 5. The Bertz CT molecular complexity index is 969. The van der Waals surface area contributed by atoms with E-state index in [1.54, 1.807) is 43.3 Å². The topological polar surface area (TPSA) is 114 Å². The Hall–Kier alpha value is -2.71. The molecule has 2 aromatic carbocycles. The summed E-state index contributed by atoms with van der Waals surface area (Å²) in [6.07, 6.45) is 1.45. The number of nitrogens with two attached hydrogens (primary N) is 1. The number of carbonyl (C=O) groups excluding carboxylic acids is 1. The molecule has 0 radical (unpaired) electrons. The van der Waals surface area contributed by atoms with Crippen LogP contribution < -0.4 is 15.8 Å². The maximum atomic E-state index is 12.7. The van der Waals surface area contributed by atoms with Crippen molar-refractivity contribution in [1.29, 1.82) is 0 Å². The quantitative estimate of drug-likeness (QED) is 0.729. The molecule has 0 aromatic heterocycles. The zero-order chi connectivity index (χ0) is 19.5. The van der Waals surface area contributed by atoms with Crippen molar-refractivity contribution < 1.29 is 13.2 Å². The highest BCUT2D eigenvalue weighted by Gasteiger charge is 2.30. The van der Waals surface area contributed by atoms with E-state index in [2.05, 4.69) is 15.0 Å². The average molecular weight is 386 g/mol. The van der Waals surface area contributed by atoms with Gasteiger partial charge in [0.2, 0.25) is 5.91 Å². The predicted molar refractivity (Wildman–Crippen MR) is 105 cm³/mol. The Kier molecular flexibility index (Phi) is 5.29. The third-order valence-electron chi connectivity index (χ3n) is 4.37. The van der Waals surface area contributed by atoms with Crippen LogP contribution in [0.5, 0.6) is 0 Å². The van der Waals surface area contributed by atoms with Crippen molar-refractivity contribution in [2.75, 3.05) is 11.9 Å². The standard InChI is InChI=1S/C19H22N4O3S/c1-19(20,14-7-3-2-4-8-14)18(24)22-15-9-5-10-16(13-15)27(25,26)23-17-11-6-12-21-17/h2-5,7-10,13H,6,11-12,20H2,1H3,(H,21,23)(H,22,24). The summed E-state index contributed by atoms with van der Waals surface area (Å²) in [4.78, 5) is 16.8. The van der Waals surface area contributed by atoms with Crippen molar-refractivity contribution in [2.24, 2.45) is 10.7 Å². The fourth-order valence-electron chi connectivity index (χ4n) is 2.75. The Balaban J connectivity index is 1.78. The first kappa shape index (κ1) is 19.1. The van der Waals surface area contributed by atoms with Gasteiger partial charge in [0.1, 0.15) is 11.4 Å². The molecule has 0 aliphatic carbocycles. The van der Waals surface area contributed by atoms with E-state index in [-0.39, 0.29) is 4.90 Å². The van der Waals surface area contributed by atoms with Gasteiger partial charge in [0.25, 0.3) is 10.0 Å². The molecule has 0 saturated heterocycles. The average Bonchev–Trinajstić information content (AvgIpc) is 3.15. The molecule has 142 valence electrons. The Morgan fingerprint density at radius 3 is 2.56 bits per heavy atom. The first-order chi connectivity index (χ1) is 12.8. The smallest absolute Gasteiger partial charge is 0.262 e. The van der Waals surface area contributed by atoms with E-state index < -0.39 is 21.5 Å². The van der Waals surface area contributed by atoms with E-state index in [9.17, 15) is 13.2 Å². The van der Waals surface area contributed by atoms with Crippen molar-refractivity contribution in [2.45, 2.75) is 30.2 Å². The van der Waals surface area contributed by atoms with Gasteiger partial charge >= 0.3 is 0 Å². The minimum absolute atomic E-state index is 0.0494. The second-order valence-corrected chi connectivity index (χ2v) is 8.27. The summed E-state index contributed by atoms with van der Waals surface area (Å²) in [5.74, 6) is 0.0272. The summed E-state index contributed by atoms with van der Waals surface area (Å²) in [6.45, 7) is 2.24. The number of anilines is 1. The molecule has 3 rings (SSSR count). The van der Waals surface area contributed by atoms with E-state index in [1.165, 1.54) is 12.1 Å². The van der Waals surface area contributed by atoms with Crippen LogP contribution in [0.15, 0.2) is 64.5 Å². The van der Waals surface area contributed by atoms with Gasteiger partial charge in [-0.15, -0.1) is 0 Å². The van der Waals surface area contributed by atoms with Gasteiger partial charge in [0.15, 0.2) is 0 Å². The number of hydrogen-bond donors (Lipinski definition) is 3. The molecular formula is C19H22N4O3S. The zero-order valence-corrected chi connectivity index (χ0v) is 15.8. The van der Waals surface area contributed by atoms with Gasteiger partial charge in [-0.1, -0.05) is 36.4 Å². The summed E-state index contributed by atoms with van der Waals surface area (Å²) in [5, 5.41) is 2.70. The second-order valence-electron chi connectivity index (χ2n) is 6.59. The van der Waals surface area contributed by atoms with Crippen LogP contribution in [0.3, 0.4) is 0 Å². The van der Waals surface area contributed by atoms with Crippen molar-refractivity contribution >= 4 is 27.5 Å². The number of nitrogens with one attached hydrogen (secondary N) is 2. The highest BCUT2D eigenvalue weighted by molar-refractivity contribution is 7.90. The molecule has 0 saturated carbocycles. The Labute approximate surface area is 158 Å². The summed E-state index contributed by atoms with van der Waals surface area (Å²) in [6, 6.07) is 15.0. The molecule has 0 fully saturated rings. The second kappa shape index (κ2) is 7.50. The van der Waals surface area contributed by atoms with E-state index in [4.69, 9.17) is 5.73 Å². The number of carbonyl (C=O) groups is 1. The molecule has 8 heteroatoms. The molecule has 2 aromatic rings. The van der Waals surface area contributed by atoms with Gasteiger partial charge in [-0.05, 0) is 37.1 Å². The van der Waals surface area contributed by atoms with Crippen molar-refractivity contribution in [3.63, 3.8) is 0 Å². The highest BCUT2D eigenvalue weighted by atomic mass is 32.2. The monoisotopic (exact) mass is 386 g/mol. The molecule has 1 unspecified atom stereocenters. The lowest BCUT2D eigenvalue weighted by Crippen LogP contribution is -2.45. The molecular weight excluding hydrogens is 364 g/mol. The molecule has 0 bridgehead atoms. The van der Waals surface area contributed by atoms with Gasteiger partial charge in [-0.3, -0.25) is 14.5 Å². The minimum Gasteiger partial charge on any atom is -0.324 e. The van der Waals surface area contributed by atoms with E-state index in [0.717, 1.165) is 6.42 Å². The molecule has 4 N–H and O–H groups in total. The van der Waals surface area contributed by atoms with E-state index >= 15 is 0 Å². The SMILES string of the molecule is CC(N)(C(=O)Nc1cccc(S(=O)(=O)NC2=NCCC2)c1)c1ccccc1. The Morgan fingerprint density at radius 1 is 1.15 bits per heavy atom. The van der Waals surface area contributed by atoms with Crippen molar-refractivity contribution in [1.82, 2.24) is 4.72 Å². The number of nitrogens with zero attached hydrogens (tertiary/aromatic N) is 1. The summed E-state index contributed by atoms with van der Waals surface area (Å²) in [7, 11) is -3.75. The fourth-order valence-corrected chi connectivity index (χ4v) is 3.89. The van der Waals surface area contributed by atoms with Gasteiger partial charge in [-0.2, -0.15) is 0 Å². The maximum absolute atomic E-state index is 12.7. The van der Waals surface area contributed by atoms with Gasteiger partial charge < -0.3 is 11.1 Å². The third kappa shape index (κ3) is 4.35. The minimum atomic E-state index is -3.75. The normalized spacial score (nSPS) is 16.3. The number of aliphatic imine (C=N–C) groups is 1. The molecule has 0 spiro atoms. The Morgan fingerprint density at radius 2 is 1.89 bits per heavy atom. The predicted octanol–water partition coefficient (Wildman–Crippen LogP) is 1.97. The maximum Gasteiger partial charge on any atom is 0.262 e. The van der Waals surface area contributed by atoms with Gasteiger partial charge in [-0.25, -0.2) is 8.42 Å². The van der Waals surface area contributed by atoms with Crippen LogP contribution in [0.2, 0.25) is 0 Å². The van der Waals surface area contributed by atoms with E-state index in [0.29, 0.717) is 30.1 Å². The number of amides is 1.